The summed E-state index contributed by atoms with van der Waals surface area (Å²) in [6.45, 7) is 11.4. The van der Waals surface area contributed by atoms with E-state index in [0.29, 0.717) is 0 Å². The first-order valence-corrected chi connectivity index (χ1v) is 5.27. The number of aliphatic carboxylic acids is 1. The predicted molar refractivity (Wildman–Crippen MR) is 64.4 cm³/mol. The number of H-pyrrole nitrogens is 1. The van der Waals surface area contributed by atoms with Crippen LogP contribution in [-0.4, -0.2) is 21.0 Å². The van der Waals surface area contributed by atoms with E-state index in [-0.39, 0.29) is 5.41 Å². The predicted octanol–water partition coefficient (Wildman–Crippen LogP) is 2.82. The van der Waals surface area contributed by atoms with Gasteiger partial charge in [-0.15, -0.1) is 0 Å². The number of hydrogen-bond acceptors (Lipinski definition) is 2. The number of aromatic amines is 1. The van der Waals surface area contributed by atoms with Gasteiger partial charge in [0.25, 0.3) is 0 Å². The van der Waals surface area contributed by atoms with Gasteiger partial charge >= 0.3 is 5.97 Å². The molecule has 0 unspecified atom stereocenters. The van der Waals surface area contributed by atoms with E-state index in [1.165, 1.54) is 5.69 Å². The molecule has 92 valence electrons. The molecule has 0 bridgehead atoms. The second kappa shape index (κ2) is 5.14. The van der Waals surface area contributed by atoms with Crippen molar-refractivity contribution in [3.05, 3.63) is 18.2 Å². The number of hydrogen-bond donors (Lipinski definition) is 2. The van der Waals surface area contributed by atoms with Crippen LogP contribution < -0.4 is 0 Å². The number of rotatable bonds is 0. The third-order valence-corrected chi connectivity index (χ3v) is 1.95. The summed E-state index contributed by atoms with van der Waals surface area (Å²) in [6.07, 6.45) is 3.57. The van der Waals surface area contributed by atoms with E-state index in [4.69, 9.17) is 5.11 Å². The Morgan fingerprint density at radius 2 is 1.69 bits per heavy atom. The van der Waals surface area contributed by atoms with Gasteiger partial charge in [0.1, 0.15) is 0 Å². The van der Waals surface area contributed by atoms with E-state index in [1.54, 1.807) is 27.1 Å². The molecular formula is C12H22N2O2. The smallest absolute Gasteiger partial charge is 0.308 e. The van der Waals surface area contributed by atoms with Crippen LogP contribution in [0.1, 0.15) is 47.2 Å². The van der Waals surface area contributed by atoms with Gasteiger partial charge in [0.05, 0.1) is 11.7 Å². The SMILES string of the molecule is CC(C)(C)C(=O)O.CC(C)(C)c1cnc[nH]1. The molecule has 0 aliphatic heterocycles. The fourth-order valence-electron chi connectivity index (χ4n) is 0.666. The molecule has 0 radical (unpaired) electrons. The quantitative estimate of drug-likeness (QED) is 0.715. The second-order valence-electron chi connectivity index (χ2n) is 5.77. The number of carboxylic acid groups (broad SMARTS) is 1. The van der Waals surface area contributed by atoms with Crippen molar-refractivity contribution in [2.24, 2.45) is 5.41 Å². The van der Waals surface area contributed by atoms with Crippen molar-refractivity contribution in [3.63, 3.8) is 0 Å². The van der Waals surface area contributed by atoms with Crippen molar-refractivity contribution in [2.75, 3.05) is 0 Å². The molecule has 1 heterocycles. The Hall–Kier alpha value is -1.32. The molecule has 4 heteroatoms. The van der Waals surface area contributed by atoms with Gasteiger partial charge in [-0.2, -0.15) is 0 Å². The van der Waals surface area contributed by atoms with Gasteiger partial charge in [0.15, 0.2) is 0 Å². The molecule has 2 N–H and O–H groups in total. The normalized spacial score (nSPS) is 11.6. The molecule has 1 rings (SSSR count). The molecule has 0 fully saturated rings. The summed E-state index contributed by atoms with van der Waals surface area (Å²) >= 11 is 0. The van der Waals surface area contributed by atoms with E-state index in [2.05, 4.69) is 30.7 Å². The van der Waals surface area contributed by atoms with Crippen LogP contribution in [0.3, 0.4) is 0 Å². The Morgan fingerprint density at radius 3 is 1.81 bits per heavy atom. The van der Waals surface area contributed by atoms with E-state index in [1.807, 2.05) is 6.20 Å². The minimum absolute atomic E-state index is 0.205. The summed E-state index contributed by atoms with van der Waals surface area (Å²) in [7, 11) is 0. The third kappa shape index (κ3) is 5.53. The molecule has 0 atom stereocenters. The third-order valence-electron chi connectivity index (χ3n) is 1.95. The van der Waals surface area contributed by atoms with Crippen LogP contribution in [0, 0.1) is 5.41 Å². The van der Waals surface area contributed by atoms with Crippen LogP contribution in [0.2, 0.25) is 0 Å². The van der Waals surface area contributed by atoms with Crippen LogP contribution >= 0.6 is 0 Å². The molecule has 0 aliphatic rings. The van der Waals surface area contributed by atoms with Crippen molar-refractivity contribution in [1.29, 1.82) is 0 Å². The number of imidazole rings is 1. The van der Waals surface area contributed by atoms with Crippen molar-refractivity contribution >= 4 is 5.97 Å². The Morgan fingerprint density at radius 1 is 1.25 bits per heavy atom. The second-order valence-corrected chi connectivity index (χ2v) is 5.77. The summed E-state index contributed by atoms with van der Waals surface area (Å²) in [5.41, 5.74) is 0.804. The van der Waals surface area contributed by atoms with Crippen LogP contribution in [0.25, 0.3) is 0 Å². The molecule has 4 nitrogen and oxygen atoms in total. The highest BCUT2D eigenvalue weighted by atomic mass is 16.4. The lowest BCUT2D eigenvalue weighted by Crippen LogP contribution is -2.18. The zero-order chi connectivity index (χ0) is 13.0. The zero-order valence-electron chi connectivity index (χ0n) is 11.0. The van der Waals surface area contributed by atoms with E-state index >= 15 is 0 Å². The zero-order valence-corrected chi connectivity index (χ0v) is 11.0. The van der Waals surface area contributed by atoms with E-state index in [9.17, 15) is 4.79 Å². The molecule has 0 aliphatic carbocycles. The Balaban J connectivity index is 0.000000293. The first-order valence-electron chi connectivity index (χ1n) is 5.27. The lowest BCUT2D eigenvalue weighted by molar-refractivity contribution is -0.145. The average Bonchev–Trinajstić information content (AvgIpc) is 2.52. The molecular weight excluding hydrogens is 204 g/mol. The number of carboxylic acids is 1. The first kappa shape index (κ1) is 14.7. The molecule has 1 aromatic rings. The number of nitrogens with zero attached hydrogens (tertiary/aromatic N) is 1. The van der Waals surface area contributed by atoms with E-state index < -0.39 is 11.4 Å². The Bertz CT molecular complexity index is 316. The average molecular weight is 226 g/mol. The summed E-state index contributed by atoms with van der Waals surface area (Å²) < 4.78 is 0. The van der Waals surface area contributed by atoms with Gasteiger partial charge in [-0.25, -0.2) is 4.98 Å². The van der Waals surface area contributed by atoms with Gasteiger partial charge in [0.2, 0.25) is 0 Å². The minimum Gasteiger partial charge on any atom is -0.481 e. The lowest BCUT2D eigenvalue weighted by atomic mass is 9.93. The molecule has 0 saturated heterocycles. The number of carbonyl (C=O) groups is 1. The Labute approximate surface area is 97.1 Å². The van der Waals surface area contributed by atoms with Crippen LogP contribution in [-0.2, 0) is 10.2 Å². The fourth-order valence-corrected chi connectivity index (χ4v) is 0.666. The van der Waals surface area contributed by atoms with Gasteiger partial charge in [-0.05, 0) is 20.8 Å². The molecule has 0 spiro atoms. The lowest BCUT2D eigenvalue weighted by Gasteiger charge is -2.14. The van der Waals surface area contributed by atoms with Crippen molar-refractivity contribution in [2.45, 2.75) is 47.0 Å². The molecule has 1 aromatic heterocycles. The monoisotopic (exact) mass is 226 g/mol. The number of nitrogens with one attached hydrogen (secondary N) is 1. The Kier molecular flexibility index (Phi) is 4.72. The van der Waals surface area contributed by atoms with Crippen molar-refractivity contribution < 1.29 is 9.90 Å². The number of aromatic nitrogens is 2. The highest BCUT2D eigenvalue weighted by Gasteiger charge is 2.18. The largest absolute Gasteiger partial charge is 0.481 e. The summed E-state index contributed by atoms with van der Waals surface area (Å²) in [4.78, 5) is 17.0. The summed E-state index contributed by atoms with van der Waals surface area (Å²) in [5, 5.41) is 8.25. The van der Waals surface area contributed by atoms with Gasteiger partial charge < -0.3 is 10.1 Å². The maximum absolute atomic E-state index is 10.0. The van der Waals surface area contributed by atoms with Gasteiger partial charge in [-0.3, -0.25) is 4.79 Å². The van der Waals surface area contributed by atoms with Crippen LogP contribution in [0.5, 0.6) is 0 Å². The molecule has 0 aromatic carbocycles. The van der Waals surface area contributed by atoms with Crippen molar-refractivity contribution in [1.82, 2.24) is 9.97 Å². The molecule has 0 amide bonds. The maximum Gasteiger partial charge on any atom is 0.308 e. The van der Waals surface area contributed by atoms with E-state index in [0.717, 1.165) is 0 Å². The van der Waals surface area contributed by atoms with Crippen LogP contribution in [0.4, 0.5) is 0 Å². The van der Waals surface area contributed by atoms with Crippen LogP contribution in [0.15, 0.2) is 12.5 Å². The first-order chi connectivity index (χ1) is 7.05. The van der Waals surface area contributed by atoms with Crippen molar-refractivity contribution in [3.8, 4) is 0 Å². The standard InChI is InChI=1S/C7H12N2.C5H10O2/c1-7(2,3)6-4-8-5-9-6;1-5(2,3)4(6)7/h4-5H,1-3H3,(H,8,9);1-3H3,(H,6,7). The summed E-state index contributed by atoms with van der Waals surface area (Å²) in [6, 6.07) is 0. The molecule has 0 saturated carbocycles. The fraction of sp³-hybridized carbons (Fsp3) is 0.667. The topological polar surface area (TPSA) is 66.0 Å². The minimum atomic E-state index is -0.757. The molecule has 16 heavy (non-hydrogen) atoms. The maximum atomic E-state index is 10.0. The highest BCUT2D eigenvalue weighted by Crippen LogP contribution is 2.17. The highest BCUT2D eigenvalue weighted by molar-refractivity contribution is 5.72. The summed E-state index contributed by atoms with van der Waals surface area (Å²) in [5.74, 6) is -0.757. The van der Waals surface area contributed by atoms with Gasteiger partial charge in [0, 0.05) is 17.3 Å². The van der Waals surface area contributed by atoms with Gasteiger partial charge in [-0.1, -0.05) is 20.8 Å².